The average Bonchev–Trinajstić information content (AvgIpc) is 2.99. The van der Waals surface area contributed by atoms with Crippen LogP contribution in [0.15, 0.2) is 71.4 Å². The molecule has 4 heteroatoms. The van der Waals surface area contributed by atoms with Gasteiger partial charge in [0.05, 0.1) is 0 Å². The fourth-order valence-corrected chi connectivity index (χ4v) is 2.38. The van der Waals surface area contributed by atoms with Crippen LogP contribution in [-0.2, 0) is 0 Å². The molecule has 0 aliphatic heterocycles. The van der Waals surface area contributed by atoms with Crippen molar-refractivity contribution < 1.29 is 8.81 Å². The van der Waals surface area contributed by atoms with Gasteiger partial charge in [-0.15, -0.1) is 0 Å². The maximum absolute atomic E-state index is 13.3. The van der Waals surface area contributed by atoms with E-state index in [0.717, 1.165) is 16.6 Å². The predicted molar refractivity (Wildman–Crippen MR) is 82.6 cm³/mol. The molecular weight excluding hydrogens is 279 g/mol. The minimum absolute atomic E-state index is 0.309. The second-order valence-electron chi connectivity index (χ2n) is 4.95. The first-order chi connectivity index (χ1) is 10.8. The van der Waals surface area contributed by atoms with Gasteiger partial charge >= 0.3 is 0 Å². The lowest BCUT2D eigenvalue weighted by Gasteiger charge is -1.99. The number of aromatic nitrogens is 2. The van der Waals surface area contributed by atoms with Crippen molar-refractivity contribution in [2.24, 2.45) is 0 Å². The molecule has 0 unspecified atom stereocenters. The van der Waals surface area contributed by atoms with Crippen molar-refractivity contribution in [1.82, 2.24) is 9.97 Å². The zero-order chi connectivity index (χ0) is 14.9. The Bertz CT molecular complexity index is 948. The zero-order valence-electron chi connectivity index (χ0n) is 11.5. The van der Waals surface area contributed by atoms with Gasteiger partial charge in [0.25, 0.3) is 0 Å². The highest BCUT2D eigenvalue weighted by Gasteiger charge is 2.10. The van der Waals surface area contributed by atoms with E-state index >= 15 is 0 Å². The molecule has 0 bridgehead atoms. The van der Waals surface area contributed by atoms with Gasteiger partial charge in [0.1, 0.15) is 11.3 Å². The summed E-state index contributed by atoms with van der Waals surface area (Å²) in [6, 6.07) is 15.9. The highest BCUT2D eigenvalue weighted by atomic mass is 19.1. The van der Waals surface area contributed by atoms with E-state index in [4.69, 9.17) is 4.42 Å². The van der Waals surface area contributed by atoms with Crippen molar-refractivity contribution in [3.05, 3.63) is 72.8 Å². The first-order valence-corrected chi connectivity index (χ1v) is 6.86. The third kappa shape index (κ3) is 2.24. The Kier molecular flexibility index (Phi) is 2.93. The van der Waals surface area contributed by atoms with Gasteiger partial charge in [-0.3, -0.25) is 4.98 Å². The van der Waals surface area contributed by atoms with Gasteiger partial charge in [-0.25, -0.2) is 9.37 Å². The average molecular weight is 290 g/mol. The van der Waals surface area contributed by atoms with Crippen LogP contribution in [0.3, 0.4) is 0 Å². The number of benzene rings is 2. The highest BCUT2D eigenvalue weighted by Crippen LogP contribution is 2.28. The summed E-state index contributed by atoms with van der Waals surface area (Å²) in [5, 5.41) is 0. The van der Waals surface area contributed by atoms with Crippen LogP contribution in [0.1, 0.15) is 0 Å². The zero-order valence-corrected chi connectivity index (χ0v) is 11.5. The summed E-state index contributed by atoms with van der Waals surface area (Å²) in [6.07, 6.45) is 3.53. The van der Waals surface area contributed by atoms with E-state index in [1.807, 2.05) is 30.3 Å². The molecule has 0 N–H and O–H groups in total. The van der Waals surface area contributed by atoms with E-state index in [2.05, 4.69) is 9.97 Å². The van der Waals surface area contributed by atoms with Crippen LogP contribution in [0.25, 0.3) is 33.7 Å². The van der Waals surface area contributed by atoms with Gasteiger partial charge in [0.2, 0.25) is 5.89 Å². The van der Waals surface area contributed by atoms with Gasteiger partial charge in [0.15, 0.2) is 5.58 Å². The molecule has 3 nitrogen and oxygen atoms in total. The lowest BCUT2D eigenvalue weighted by atomic mass is 10.1. The number of halogens is 1. The first-order valence-electron chi connectivity index (χ1n) is 6.86. The van der Waals surface area contributed by atoms with Gasteiger partial charge in [-0.1, -0.05) is 18.2 Å². The molecule has 2 aromatic heterocycles. The van der Waals surface area contributed by atoms with Crippen molar-refractivity contribution in [2.75, 3.05) is 0 Å². The molecule has 0 saturated heterocycles. The Balaban J connectivity index is 1.82. The third-order valence-electron chi connectivity index (χ3n) is 3.45. The Morgan fingerprint density at radius 1 is 0.864 bits per heavy atom. The fourth-order valence-electron chi connectivity index (χ4n) is 2.38. The molecule has 2 aromatic carbocycles. The summed E-state index contributed by atoms with van der Waals surface area (Å²) in [5.41, 5.74) is 4.04. The molecular formula is C18H11FN2O. The number of fused-ring (bicyclic) bond motifs is 1. The monoisotopic (exact) mass is 290 g/mol. The van der Waals surface area contributed by atoms with Crippen LogP contribution >= 0.6 is 0 Å². The molecule has 0 fully saturated rings. The number of oxazole rings is 1. The molecule has 0 saturated carbocycles. The lowest BCUT2D eigenvalue weighted by molar-refractivity contribution is 0.611. The predicted octanol–water partition coefficient (Wildman–Crippen LogP) is 4.70. The summed E-state index contributed by atoms with van der Waals surface area (Å²) in [4.78, 5) is 8.53. The van der Waals surface area contributed by atoms with Crippen LogP contribution in [0, 0.1) is 5.82 Å². The Morgan fingerprint density at radius 2 is 1.77 bits per heavy atom. The largest absolute Gasteiger partial charge is 0.436 e. The maximum atomic E-state index is 13.3. The van der Waals surface area contributed by atoms with Crippen molar-refractivity contribution >= 4 is 11.1 Å². The first kappa shape index (κ1) is 12.7. The van der Waals surface area contributed by atoms with E-state index in [1.165, 1.54) is 12.1 Å². The second-order valence-corrected chi connectivity index (χ2v) is 4.95. The summed E-state index contributed by atoms with van der Waals surface area (Å²) in [6.45, 7) is 0. The summed E-state index contributed by atoms with van der Waals surface area (Å²) >= 11 is 0. The van der Waals surface area contributed by atoms with E-state index in [-0.39, 0.29) is 5.82 Å². The maximum Gasteiger partial charge on any atom is 0.227 e. The minimum Gasteiger partial charge on any atom is -0.436 e. The van der Waals surface area contributed by atoms with Crippen molar-refractivity contribution in [3.8, 4) is 22.6 Å². The Labute approximate surface area is 126 Å². The van der Waals surface area contributed by atoms with E-state index in [0.29, 0.717) is 17.0 Å². The number of rotatable bonds is 2. The molecule has 2 heterocycles. The Hall–Kier alpha value is -3.01. The van der Waals surface area contributed by atoms with Gasteiger partial charge in [0, 0.05) is 23.5 Å². The van der Waals surface area contributed by atoms with E-state index in [9.17, 15) is 4.39 Å². The number of pyridine rings is 1. The van der Waals surface area contributed by atoms with Crippen LogP contribution in [0.2, 0.25) is 0 Å². The van der Waals surface area contributed by atoms with Crippen molar-refractivity contribution in [1.29, 1.82) is 0 Å². The van der Waals surface area contributed by atoms with Gasteiger partial charge in [-0.05, 0) is 42.0 Å². The topological polar surface area (TPSA) is 38.9 Å². The van der Waals surface area contributed by atoms with Gasteiger partial charge < -0.3 is 4.42 Å². The van der Waals surface area contributed by atoms with Crippen LogP contribution in [-0.4, -0.2) is 9.97 Å². The summed E-state index contributed by atoms with van der Waals surface area (Å²) in [5.74, 6) is 0.105. The van der Waals surface area contributed by atoms with E-state index in [1.54, 1.807) is 24.5 Å². The molecule has 4 rings (SSSR count). The molecule has 0 aliphatic rings. The van der Waals surface area contributed by atoms with Crippen LogP contribution in [0.5, 0.6) is 0 Å². The highest BCUT2D eigenvalue weighted by molar-refractivity contribution is 5.82. The van der Waals surface area contributed by atoms with E-state index < -0.39 is 0 Å². The number of nitrogens with zero attached hydrogens (tertiary/aromatic N) is 2. The molecule has 0 radical (unpaired) electrons. The smallest absolute Gasteiger partial charge is 0.227 e. The molecule has 106 valence electrons. The molecule has 4 aromatic rings. The number of hydrogen-bond acceptors (Lipinski definition) is 3. The fraction of sp³-hybridized carbons (Fsp3) is 0. The van der Waals surface area contributed by atoms with Crippen molar-refractivity contribution in [3.63, 3.8) is 0 Å². The quantitative estimate of drug-likeness (QED) is 0.537. The standard InChI is InChI=1S/C18H11FN2O/c19-15-5-1-3-13(9-15)18-21-16-7-6-12(10-17(16)22-18)14-4-2-8-20-11-14/h1-11H. The third-order valence-corrected chi connectivity index (χ3v) is 3.45. The molecule has 22 heavy (non-hydrogen) atoms. The lowest BCUT2D eigenvalue weighted by Crippen LogP contribution is -1.79. The van der Waals surface area contributed by atoms with Crippen molar-refractivity contribution in [2.45, 2.75) is 0 Å². The second kappa shape index (κ2) is 5.07. The number of hydrogen-bond donors (Lipinski definition) is 0. The molecule has 0 atom stereocenters. The van der Waals surface area contributed by atoms with Crippen LogP contribution < -0.4 is 0 Å². The summed E-state index contributed by atoms with van der Waals surface area (Å²) < 4.78 is 19.1. The van der Waals surface area contributed by atoms with Crippen LogP contribution in [0.4, 0.5) is 4.39 Å². The minimum atomic E-state index is -0.309. The normalized spacial score (nSPS) is 11.0. The molecule has 0 spiro atoms. The molecule has 0 aliphatic carbocycles. The SMILES string of the molecule is Fc1cccc(-c2nc3ccc(-c4cccnc4)cc3o2)c1. The molecule has 0 amide bonds. The Morgan fingerprint density at radius 3 is 2.59 bits per heavy atom. The van der Waals surface area contributed by atoms with Gasteiger partial charge in [-0.2, -0.15) is 0 Å². The summed E-state index contributed by atoms with van der Waals surface area (Å²) in [7, 11) is 0.